The highest BCUT2D eigenvalue weighted by Gasteiger charge is 2.59. The number of nitrogens with zero attached hydrogens (tertiary/aromatic N) is 3. The van der Waals surface area contributed by atoms with Gasteiger partial charge in [-0.3, -0.25) is 0 Å². The second kappa shape index (κ2) is 10.9. The lowest BCUT2D eigenvalue weighted by molar-refractivity contribution is -0.00971. The zero-order valence-corrected chi connectivity index (χ0v) is 30.2. The predicted octanol–water partition coefficient (Wildman–Crippen LogP) is 12.1. The Balaban J connectivity index is 1.12. The summed E-state index contributed by atoms with van der Waals surface area (Å²) in [6, 6.07) is 32.8. The number of benzene rings is 4. The van der Waals surface area contributed by atoms with Crippen LogP contribution in [0.1, 0.15) is 89.2 Å². The Morgan fingerprint density at radius 2 is 1.06 bits per heavy atom. The Bertz CT molecular complexity index is 2470. The van der Waals surface area contributed by atoms with Gasteiger partial charge in [-0.1, -0.05) is 73.7 Å². The van der Waals surface area contributed by atoms with Crippen molar-refractivity contribution in [2.75, 3.05) is 0 Å². The van der Waals surface area contributed by atoms with Crippen LogP contribution < -0.4 is 0 Å². The number of fused-ring (bicyclic) bond motifs is 8. The number of rotatable bonds is 3. The highest BCUT2D eigenvalue weighted by molar-refractivity contribution is 6.18. The summed E-state index contributed by atoms with van der Waals surface area (Å²) in [4.78, 5) is 17.0. The van der Waals surface area contributed by atoms with E-state index in [0.29, 0.717) is 0 Å². The molecule has 5 atom stereocenters. The number of hydrogen-bond donors (Lipinski definition) is 0. The summed E-state index contributed by atoms with van der Waals surface area (Å²) in [5.74, 6) is 9.04. The molecule has 0 N–H and O–H groups in total. The van der Waals surface area contributed by atoms with Crippen LogP contribution in [0, 0.1) is 41.4 Å². The maximum absolute atomic E-state index is 6.90. The van der Waals surface area contributed by atoms with E-state index in [-0.39, 0.29) is 10.8 Å². The van der Waals surface area contributed by atoms with Gasteiger partial charge in [0.2, 0.25) is 0 Å². The smallest absolute Gasteiger partial charge is 0.163 e. The standard InChI is InChI=1S/C48H47N3O/c1-28-16-33-20-34-26-47(22-28,27-41(33)34)45-49-44(50-46(51-45)48-23-29-17-30(24-48)19-31(18-29)25-48)32-14-15-43-40(21-32)38-11-5-3-9-36(38)35-8-2-4-10-37(35)39-12-6-7-13-42(39)52-43/h2-15,21,28-31,33-34,41H,16-20,22-27H2,1H3/t28-,29?,30?,31?,33-,34?,41?,47?,48?/m0/s1. The minimum absolute atomic E-state index is 0.0827. The van der Waals surface area contributed by atoms with E-state index in [1.807, 2.05) is 0 Å². The summed E-state index contributed by atoms with van der Waals surface area (Å²) in [5, 5.41) is 6.98. The van der Waals surface area contributed by atoms with Crippen molar-refractivity contribution in [1.82, 2.24) is 15.0 Å². The molecule has 7 aliphatic carbocycles. The van der Waals surface area contributed by atoms with E-state index in [1.54, 1.807) is 0 Å². The lowest BCUT2D eigenvalue weighted by Crippen LogP contribution is -2.49. The molecule has 260 valence electrons. The molecule has 4 aromatic carbocycles. The quantitative estimate of drug-likeness (QED) is 0.187. The summed E-state index contributed by atoms with van der Waals surface area (Å²) in [7, 11) is 0. The van der Waals surface area contributed by atoms with E-state index < -0.39 is 0 Å². The lowest BCUT2D eigenvalue weighted by atomic mass is 9.49. The van der Waals surface area contributed by atoms with Gasteiger partial charge in [0.1, 0.15) is 22.8 Å². The van der Waals surface area contributed by atoms with Gasteiger partial charge in [0, 0.05) is 27.2 Å². The predicted molar refractivity (Wildman–Crippen MR) is 209 cm³/mol. The Kier molecular flexibility index (Phi) is 6.31. The van der Waals surface area contributed by atoms with Crippen molar-refractivity contribution >= 4 is 43.5 Å². The molecule has 0 aliphatic heterocycles. The van der Waals surface area contributed by atoms with Gasteiger partial charge < -0.3 is 4.42 Å². The highest BCUT2D eigenvalue weighted by Crippen LogP contribution is 2.65. The van der Waals surface area contributed by atoms with Crippen LogP contribution >= 0.6 is 0 Å². The van der Waals surface area contributed by atoms with Crippen LogP contribution in [0.4, 0.5) is 0 Å². The maximum Gasteiger partial charge on any atom is 0.163 e. The first kappa shape index (κ1) is 30.2. The van der Waals surface area contributed by atoms with Gasteiger partial charge in [-0.05, 0) is 158 Å². The van der Waals surface area contributed by atoms with E-state index in [9.17, 15) is 0 Å². The van der Waals surface area contributed by atoms with E-state index in [2.05, 4.69) is 97.9 Å². The summed E-state index contributed by atoms with van der Waals surface area (Å²) in [6.07, 6.45) is 14.7. The van der Waals surface area contributed by atoms with Gasteiger partial charge in [-0.25, -0.2) is 15.0 Å². The van der Waals surface area contributed by atoms with E-state index in [4.69, 9.17) is 19.4 Å². The van der Waals surface area contributed by atoms with Gasteiger partial charge >= 0.3 is 0 Å². The van der Waals surface area contributed by atoms with E-state index in [0.717, 1.165) is 86.4 Å². The Labute approximate surface area is 305 Å². The molecule has 13 rings (SSSR count). The molecule has 52 heavy (non-hydrogen) atoms. The van der Waals surface area contributed by atoms with Gasteiger partial charge in [-0.15, -0.1) is 0 Å². The third kappa shape index (κ3) is 4.42. The fraction of sp³-hybridized carbons (Fsp3) is 0.438. The van der Waals surface area contributed by atoms with Crippen molar-refractivity contribution in [3.63, 3.8) is 0 Å². The van der Waals surface area contributed by atoms with Gasteiger partial charge in [0.05, 0.1) is 0 Å². The molecule has 7 fully saturated rings. The van der Waals surface area contributed by atoms with E-state index >= 15 is 0 Å². The molecule has 7 aliphatic rings. The molecule has 0 spiro atoms. The second-order valence-electron chi connectivity index (χ2n) is 18.6. The molecule has 2 heterocycles. The fourth-order valence-electron chi connectivity index (χ4n) is 13.6. The van der Waals surface area contributed by atoms with Crippen LogP contribution in [0.2, 0.25) is 0 Å². The third-order valence-corrected chi connectivity index (χ3v) is 15.2. The molecule has 0 saturated heterocycles. The Morgan fingerprint density at radius 1 is 0.500 bits per heavy atom. The first-order chi connectivity index (χ1) is 25.5. The number of para-hydroxylation sites is 1. The normalized spacial score (nSPS) is 34.1. The Morgan fingerprint density at radius 3 is 1.73 bits per heavy atom. The third-order valence-electron chi connectivity index (χ3n) is 15.2. The summed E-state index contributed by atoms with van der Waals surface area (Å²) in [5.41, 5.74) is 3.00. The largest absolute Gasteiger partial charge is 0.456 e. The molecule has 3 unspecified atom stereocenters. The SMILES string of the molecule is C[C@H]1C[C@H]2CC3CC(c4nc(-c5ccc6oc7ccccc7c7ccccc7c7ccccc7c6c5)nc(C56CC7CC(CC(C7)C5)C6)n4)(CC32)C1. The molecule has 0 amide bonds. The fourth-order valence-corrected chi connectivity index (χ4v) is 13.6. The minimum atomic E-state index is 0.0827. The molecule has 0 radical (unpaired) electrons. The van der Waals surface area contributed by atoms with Crippen molar-refractivity contribution in [2.24, 2.45) is 41.4 Å². The van der Waals surface area contributed by atoms with Crippen LogP contribution in [0.3, 0.4) is 0 Å². The molecule has 6 bridgehead atoms. The van der Waals surface area contributed by atoms with Crippen LogP contribution in [0.15, 0.2) is 95.4 Å². The van der Waals surface area contributed by atoms with Crippen LogP contribution in [-0.2, 0) is 10.8 Å². The summed E-state index contributed by atoms with van der Waals surface area (Å²) >= 11 is 0. The van der Waals surface area contributed by atoms with Crippen LogP contribution in [0.25, 0.3) is 54.9 Å². The molecule has 2 aromatic heterocycles. The van der Waals surface area contributed by atoms with Crippen LogP contribution in [0.5, 0.6) is 0 Å². The topological polar surface area (TPSA) is 51.8 Å². The Hall–Kier alpha value is -4.31. The molecular weight excluding hydrogens is 635 g/mol. The maximum atomic E-state index is 6.90. The zero-order valence-electron chi connectivity index (χ0n) is 30.2. The average molecular weight is 682 g/mol. The van der Waals surface area contributed by atoms with Crippen molar-refractivity contribution in [3.8, 4) is 11.4 Å². The second-order valence-corrected chi connectivity index (χ2v) is 18.6. The number of aromatic nitrogens is 3. The van der Waals surface area contributed by atoms with Gasteiger partial charge in [-0.2, -0.15) is 0 Å². The number of hydrogen-bond acceptors (Lipinski definition) is 4. The minimum Gasteiger partial charge on any atom is -0.456 e. The first-order valence-corrected chi connectivity index (χ1v) is 20.4. The molecule has 4 heteroatoms. The van der Waals surface area contributed by atoms with E-state index in [1.165, 1.54) is 92.2 Å². The average Bonchev–Trinajstić information content (AvgIpc) is 3.41. The van der Waals surface area contributed by atoms with Crippen molar-refractivity contribution < 1.29 is 4.42 Å². The molecule has 6 aromatic rings. The van der Waals surface area contributed by atoms with Gasteiger partial charge in [0.25, 0.3) is 0 Å². The van der Waals surface area contributed by atoms with Crippen molar-refractivity contribution in [3.05, 3.63) is 103 Å². The first-order valence-electron chi connectivity index (χ1n) is 20.4. The highest BCUT2D eigenvalue weighted by atomic mass is 16.3. The van der Waals surface area contributed by atoms with Crippen molar-refractivity contribution in [2.45, 2.75) is 88.4 Å². The molecule has 7 saturated carbocycles. The van der Waals surface area contributed by atoms with Gasteiger partial charge in [0.15, 0.2) is 5.82 Å². The van der Waals surface area contributed by atoms with Crippen LogP contribution in [-0.4, -0.2) is 15.0 Å². The molecule has 4 nitrogen and oxygen atoms in total. The molecular formula is C48H47N3O. The summed E-state index contributed by atoms with van der Waals surface area (Å²) < 4.78 is 6.90. The monoisotopic (exact) mass is 681 g/mol. The van der Waals surface area contributed by atoms with Crippen molar-refractivity contribution in [1.29, 1.82) is 0 Å². The zero-order chi connectivity index (χ0) is 34.2. The lowest BCUT2D eigenvalue weighted by Gasteiger charge is -2.56. The summed E-state index contributed by atoms with van der Waals surface area (Å²) in [6.45, 7) is 2.50.